The highest BCUT2D eigenvalue weighted by atomic mass is 32.1. The summed E-state index contributed by atoms with van der Waals surface area (Å²) in [4.78, 5) is 5.25. The summed E-state index contributed by atoms with van der Waals surface area (Å²) >= 11 is 5.14. The van der Waals surface area contributed by atoms with Crippen LogP contribution < -0.4 is 10.5 Å². The van der Waals surface area contributed by atoms with Crippen molar-refractivity contribution in [3.05, 3.63) is 53.9 Å². The van der Waals surface area contributed by atoms with E-state index in [0.29, 0.717) is 11.4 Å². The molecule has 0 saturated heterocycles. The number of aryl methyl sites for hydroxylation is 1. The van der Waals surface area contributed by atoms with E-state index in [4.69, 9.17) is 27.7 Å². The van der Waals surface area contributed by atoms with Crippen molar-refractivity contribution in [2.45, 2.75) is 33.3 Å². The lowest BCUT2D eigenvalue weighted by Gasteiger charge is -2.10. The minimum Gasteiger partial charge on any atom is -0.491 e. The number of imidazole rings is 1. The van der Waals surface area contributed by atoms with Crippen molar-refractivity contribution in [3.63, 3.8) is 0 Å². The number of ether oxygens (including phenoxy) is 1. The van der Waals surface area contributed by atoms with Gasteiger partial charge in [-0.25, -0.2) is 4.98 Å². The van der Waals surface area contributed by atoms with Crippen molar-refractivity contribution in [3.8, 4) is 17.0 Å². The predicted molar refractivity (Wildman–Crippen MR) is 102 cm³/mol. The summed E-state index contributed by atoms with van der Waals surface area (Å²) < 4.78 is 7.83. The first-order chi connectivity index (χ1) is 11.5. The molecule has 0 aliphatic carbocycles. The third-order valence-corrected chi connectivity index (χ3v) is 3.92. The summed E-state index contributed by atoms with van der Waals surface area (Å²) in [5.74, 6) is 0.851. The maximum Gasteiger partial charge on any atom is 0.137 e. The zero-order chi connectivity index (χ0) is 17.3. The average Bonchev–Trinajstić information content (AvgIpc) is 2.87. The van der Waals surface area contributed by atoms with Crippen LogP contribution >= 0.6 is 12.2 Å². The Morgan fingerprint density at radius 1 is 1.21 bits per heavy atom. The highest BCUT2D eigenvalue weighted by Gasteiger charge is 2.16. The van der Waals surface area contributed by atoms with Crippen LogP contribution in [0.1, 0.15) is 25.2 Å². The number of nitrogens with two attached hydrogens (primary N) is 1. The van der Waals surface area contributed by atoms with E-state index < -0.39 is 0 Å². The number of rotatable bonds is 5. The van der Waals surface area contributed by atoms with E-state index in [2.05, 4.69) is 17.4 Å². The Labute approximate surface area is 147 Å². The quantitative estimate of drug-likeness (QED) is 0.716. The molecule has 0 aliphatic rings. The summed E-state index contributed by atoms with van der Waals surface area (Å²) in [5.41, 5.74) is 10.8. The zero-order valence-corrected chi connectivity index (χ0v) is 14.9. The largest absolute Gasteiger partial charge is 0.491 e. The molecule has 124 valence electrons. The minimum atomic E-state index is 0.152. The number of hydrogen-bond donors (Lipinski definition) is 1. The topological polar surface area (TPSA) is 52.5 Å². The van der Waals surface area contributed by atoms with Gasteiger partial charge in [-0.15, -0.1) is 0 Å². The molecule has 0 radical (unpaired) electrons. The lowest BCUT2D eigenvalue weighted by atomic mass is 10.1. The fraction of sp³-hybridized carbons (Fsp3) is 0.263. The first-order valence-electron chi connectivity index (χ1n) is 7.98. The maximum absolute atomic E-state index is 5.82. The van der Waals surface area contributed by atoms with Crippen LogP contribution in [-0.4, -0.2) is 20.5 Å². The SMILES string of the molecule is Cc1cccc2nc(-c3ccc(OC(C)C)cc3)c(CC(N)=S)n12. The van der Waals surface area contributed by atoms with Crippen LogP contribution in [0.4, 0.5) is 0 Å². The number of nitrogens with zero attached hydrogens (tertiary/aromatic N) is 2. The number of benzene rings is 1. The second-order valence-corrected chi connectivity index (χ2v) is 6.63. The average molecular weight is 339 g/mol. The normalized spacial score (nSPS) is 11.2. The van der Waals surface area contributed by atoms with Gasteiger partial charge in [0, 0.05) is 17.7 Å². The van der Waals surface area contributed by atoms with Crippen molar-refractivity contribution < 1.29 is 4.74 Å². The first kappa shape index (κ1) is 16.5. The van der Waals surface area contributed by atoms with Crippen LogP contribution in [0, 0.1) is 6.92 Å². The minimum absolute atomic E-state index is 0.152. The van der Waals surface area contributed by atoms with Crippen molar-refractivity contribution in [1.29, 1.82) is 0 Å². The molecule has 1 aromatic carbocycles. The van der Waals surface area contributed by atoms with Gasteiger partial charge in [-0.05, 0) is 57.2 Å². The van der Waals surface area contributed by atoms with Crippen molar-refractivity contribution in [1.82, 2.24) is 9.38 Å². The predicted octanol–water partition coefficient (Wildman–Crippen LogP) is 3.93. The number of fused-ring (bicyclic) bond motifs is 1. The van der Waals surface area contributed by atoms with Crippen molar-refractivity contribution in [2.24, 2.45) is 5.73 Å². The highest BCUT2D eigenvalue weighted by molar-refractivity contribution is 7.80. The molecule has 3 rings (SSSR count). The van der Waals surface area contributed by atoms with Gasteiger partial charge >= 0.3 is 0 Å². The molecule has 0 unspecified atom stereocenters. The molecule has 0 saturated carbocycles. The molecule has 0 bridgehead atoms. The Bertz CT molecular complexity index is 882. The smallest absolute Gasteiger partial charge is 0.137 e. The van der Waals surface area contributed by atoms with Gasteiger partial charge in [-0.1, -0.05) is 18.3 Å². The molecule has 0 amide bonds. The van der Waals surface area contributed by atoms with Gasteiger partial charge in [0.25, 0.3) is 0 Å². The fourth-order valence-electron chi connectivity index (χ4n) is 2.85. The van der Waals surface area contributed by atoms with Crippen LogP contribution in [0.5, 0.6) is 5.75 Å². The highest BCUT2D eigenvalue weighted by Crippen LogP contribution is 2.28. The summed E-state index contributed by atoms with van der Waals surface area (Å²) in [6, 6.07) is 14.0. The van der Waals surface area contributed by atoms with E-state index in [9.17, 15) is 0 Å². The monoisotopic (exact) mass is 339 g/mol. The van der Waals surface area contributed by atoms with Gasteiger partial charge in [0.2, 0.25) is 0 Å². The van der Waals surface area contributed by atoms with Crippen molar-refractivity contribution >= 4 is 22.9 Å². The van der Waals surface area contributed by atoms with E-state index >= 15 is 0 Å². The van der Waals surface area contributed by atoms with Crippen LogP contribution in [0.2, 0.25) is 0 Å². The summed E-state index contributed by atoms with van der Waals surface area (Å²) in [7, 11) is 0. The third kappa shape index (κ3) is 3.26. The summed E-state index contributed by atoms with van der Waals surface area (Å²) in [5, 5.41) is 0. The van der Waals surface area contributed by atoms with Crippen LogP contribution in [-0.2, 0) is 6.42 Å². The summed E-state index contributed by atoms with van der Waals surface area (Å²) in [6.07, 6.45) is 0.667. The van der Waals surface area contributed by atoms with Crippen LogP contribution in [0.25, 0.3) is 16.9 Å². The van der Waals surface area contributed by atoms with E-state index in [-0.39, 0.29) is 6.10 Å². The molecule has 5 heteroatoms. The zero-order valence-electron chi connectivity index (χ0n) is 14.1. The second-order valence-electron chi connectivity index (χ2n) is 6.10. The maximum atomic E-state index is 5.82. The molecule has 2 aromatic heterocycles. The molecule has 3 aromatic rings. The summed E-state index contributed by atoms with van der Waals surface area (Å²) in [6.45, 7) is 6.08. The van der Waals surface area contributed by atoms with E-state index in [1.165, 1.54) is 0 Å². The Balaban J connectivity index is 2.11. The molecule has 4 nitrogen and oxygen atoms in total. The van der Waals surface area contributed by atoms with Crippen LogP contribution in [0.15, 0.2) is 42.5 Å². The third-order valence-electron chi connectivity index (χ3n) is 3.78. The Kier molecular flexibility index (Phi) is 4.53. The Morgan fingerprint density at radius 3 is 2.54 bits per heavy atom. The lowest BCUT2D eigenvalue weighted by molar-refractivity contribution is 0.242. The van der Waals surface area contributed by atoms with E-state index in [1.807, 2.05) is 50.2 Å². The number of aromatic nitrogens is 2. The Morgan fingerprint density at radius 2 is 1.92 bits per heavy atom. The van der Waals surface area contributed by atoms with Gasteiger partial charge in [-0.3, -0.25) is 0 Å². The van der Waals surface area contributed by atoms with E-state index in [1.54, 1.807) is 0 Å². The molecule has 0 spiro atoms. The number of pyridine rings is 1. The van der Waals surface area contributed by atoms with E-state index in [0.717, 1.165) is 34.0 Å². The molecular formula is C19H21N3OS. The fourth-order valence-corrected chi connectivity index (χ4v) is 2.99. The lowest BCUT2D eigenvalue weighted by Crippen LogP contribution is -2.13. The van der Waals surface area contributed by atoms with Gasteiger partial charge in [0.05, 0.1) is 22.5 Å². The number of thiocarbonyl (C=S) groups is 1. The molecule has 0 aliphatic heterocycles. The second kappa shape index (κ2) is 6.61. The molecule has 24 heavy (non-hydrogen) atoms. The molecule has 0 atom stereocenters. The number of hydrogen-bond acceptors (Lipinski definition) is 3. The van der Waals surface area contributed by atoms with Crippen LogP contribution in [0.3, 0.4) is 0 Å². The molecule has 2 heterocycles. The van der Waals surface area contributed by atoms with Gasteiger partial charge in [-0.2, -0.15) is 0 Å². The van der Waals surface area contributed by atoms with Crippen molar-refractivity contribution in [2.75, 3.05) is 0 Å². The Hall–Kier alpha value is -2.40. The van der Waals surface area contributed by atoms with Gasteiger partial charge in [0.15, 0.2) is 0 Å². The standard InChI is InChI=1S/C19H21N3OS/c1-12(2)23-15-9-7-14(8-10-15)19-16(11-17(20)24)22-13(3)5-4-6-18(22)21-19/h4-10,12H,11H2,1-3H3,(H2,20,24). The first-order valence-corrected chi connectivity index (χ1v) is 8.39. The molecule has 0 fully saturated rings. The van der Waals surface area contributed by atoms with Gasteiger partial charge < -0.3 is 14.9 Å². The molecular weight excluding hydrogens is 318 g/mol. The van der Waals surface area contributed by atoms with Gasteiger partial charge in [0.1, 0.15) is 11.4 Å². The molecule has 2 N–H and O–H groups in total.